The molecule has 19 heavy (non-hydrogen) atoms. The van der Waals surface area contributed by atoms with Crippen LogP contribution in [-0.2, 0) is 4.79 Å². The topological polar surface area (TPSA) is 54.9 Å². The summed E-state index contributed by atoms with van der Waals surface area (Å²) in [5.74, 6) is 0.0108. The molecule has 2 aromatic rings. The van der Waals surface area contributed by atoms with Crippen LogP contribution in [0.3, 0.4) is 0 Å². The number of hydrogen-bond acceptors (Lipinski definition) is 3. The van der Waals surface area contributed by atoms with Gasteiger partial charge in [0.15, 0.2) is 0 Å². The fraction of sp³-hybridized carbons (Fsp3) is 0.154. The number of rotatable bonds is 3. The summed E-state index contributed by atoms with van der Waals surface area (Å²) in [6.07, 6.45) is 4.83. The van der Waals surface area contributed by atoms with E-state index in [2.05, 4.69) is 31.2 Å². The molecule has 98 valence electrons. The molecule has 0 radical (unpaired) electrons. The zero-order valence-electron chi connectivity index (χ0n) is 10.1. The number of carbonyl (C=O) groups excluding carboxylic acids is 1. The molecule has 0 aliphatic rings. The molecule has 2 heterocycles. The normalized spacial score (nSPS) is 11.9. The van der Waals surface area contributed by atoms with Crippen molar-refractivity contribution in [3.63, 3.8) is 0 Å². The smallest absolute Gasteiger partial charge is 0.232 e. The Labute approximate surface area is 124 Å². The number of carbonyl (C=O) groups is 1. The number of nitrogens with zero attached hydrogens (tertiary/aromatic N) is 2. The summed E-state index contributed by atoms with van der Waals surface area (Å²) in [4.78, 5) is 20.1. The summed E-state index contributed by atoms with van der Waals surface area (Å²) in [5, 5.41) is 3.24. The largest absolute Gasteiger partial charge is 0.310 e. The minimum absolute atomic E-state index is 0.144. The molecule has 1 amide bonds. The third kappa shape index (κ3) is 3.52. The van der Waals surface area contributed by atoms with E-state index in [9.17, 15) is 4.79 Å². The van der Waals surface area contributed by atoms with Gasteiger partial charge in [0.05, 0.1) is 10.9 Å². The zero-order valence-corrected chi connectivity index (χ0v) is 12.4. The highest BCUT2D eigenvalue weighted by Crippen LogP contribution is 2.24. The van der Waals surface area contributed by atoms with E-state index in [4.69, 9.17) is 11.6 Å². The van der Waals surface area contributed by atoms with Crippen LogP contribution in [-0.4, -0.2) is 15.9 Å². The second-order valence-electron chi connectivity index (χ2n) is 3.98. The van der Waals surface area contributed by atoms with Crippen LogP contribution in [0.25, 0.3) is 0 Å². The van der Waals surface area contributed by atoms with Crippen molar-refractivity contribution in [2.24, 2.45) is 0 Å². The highest BCUT2D eigenvalue weighted by molar-refractivity contribution is 9.10. The third-order valence-corrected chi connectivity index (χ3v) is 3.82. The third-order valence-electron chi connectivity index (χ3n) is 2.64. The predicted molar refractivity (Wildman–Crippen MR) is 78.2 cm³/mol. The van der Waals surface area contributed by atoms with Crippen LogP contribution in [0.15, 0.2) is 41.3 Å². The van der Waals surface area contributed by atoms with Crippen molar-refractivity contribution in [2.45, 2.75) is 12.8 Å². The lowest BCUT2D eigenvalue weighted by molar-refractivity contribution is -0.117. The summed E-state index contributed by atoms with van der Waals surface area (Å²) in [6, 6.07) is 5.33. The van der Waals surface area contributed by atoms with E-state index in [1.54, 1.807) is 24.5 Å². The first-order chi connectivity index (χ1) is 9.08. The molecule has 2 rings (SSSR count). The molecule has 0 bridgehead atoms. The number of hydrogen-bond donors (Lipinski definition) is 1. The molecule has 6 heteroatoms. The molecular formula is C13H11BrClN3O. The van der Waals surface area contributed by atoms with Crippen LogP contribution < -0.4 is 5.32 Å². The van der Waals surface area contributed by atoms with Gasteiger partial charge in [-0.25, -0.2) is 4.98 Å². The molecule has 0 spiro atoms. The second kappa shape index (κ2) is 6.12. The molecule has 1 unspecified atom stereocenters. The highest BCUT2D eigenvalue weighted by Gasteiger charge is 2.16. The van der Waals surface area contributed by atoms with Gasteiger partial charge in [-0.05, 0) is 40.5 Å². The Balaban J connectivity index is 2.10. The molecule has 0 aliphatic carbocycles. The Morgan fingerprint density at radius 3 is 2.89 bits per heavy atom. The molecule has 0 aliphatic heterocycles. The Bertz CT molecular complexity index is 592. The Morgan fingerprint density at radius 2 is 2.26 bits per heavy atom. The predicted octanol–water partition coefficient (Wildman–Crippen LogP) is 3.63. The Hall–Kier alpha value is -1.46. The van der Waals surface area contributed by atoms with Crippen LogP contribution in [0.2, 0.25) is 5.02 Å². The van der Waals surface area contributed by atoms with Gasteiger partial charge in [0.1, 0.15) is 5.82 Å². The Kier molecular flexibility index (Phi) is 4.50. The van der Waals surface area contributed by atoms with Crippen molar-refractivity contribution >= 4 is 39.3 Å². The lowest BCUT2D eigenvalue weighted by Gasteiger charge is -2.11. The van der Waals surface area contributed by atoms with Gasteiger partial charge in [0.25, 0.3) is 0 Å². The average Bonchev–Trinajstić information content (AvgIpc) is 2.43. The fourth-order valence-corrected chi connectivity index (χ4v) is 1.92. The standard InChI is InChI=1S/C13H11BrClN3O/c1-8(9-3-2-4-16-6-9)13(19)18-12-5-10(14)11(15)7-17-12/h2-8H,1H3,(H,17,18,19). The molecule has 0 saturated heterocycles. The van der Waals surface area contributed by atoms with Gasteiger partial charge in [-0.15, -0.1) is 0 Å². The van der Waals surface area contributed by atoms with Crippen molar-refractivity contribution in [3.8, 4) is 0 Å². The maximum absolute atomic E-state index is 12.1. The molecule has 4 nitrogen and oxygen atoms in total. The van der Waals surface area contributed by atoms with E-state index in [1.165, 1.54) is 6.20 Å². The van der Waals surface area contributed by atoms with Crippen LogP contribution in [0.4, 0.5) is 5.82 Å². The van der Waals surface area contributed by atoms with E-state index in [-0.39, 0.29) is 11.8 Å². The van der Waals surface area contributed by atoms with E-state index < -0.39 is 0 Å². The highest BCUT2D eigenvalue weighted by atomic mass is 79.9. The van der Waals surface area contributed by atoms with Gasteiger partial charge < -0.3 is 5.32 Å². The quantitative estimate of drug-likeness (QED) is 0.928. The summed E-state index contributed by atoms with van der Waals surface area (Å²) in [5.41, 5.74) is 0.855. The average molecular weight is 341 g/mol. The number of nitrogens with one attached hydrogen (secondary N) is 1. The molecule has 0 fully saturated rings. The molecule has 0 aromatic carbocycles. The van der Waals surface area contributed by atoms with E-state index >= 15 is 0 Å². The SMILES string of the molecule is CC(C(=O)Nc1cc(Br)c(Cl)cn1)c1cccnc1. The molecule has 1 N–H and O–H groups in total. The van der Waals surface area contributed by atoms with Gasteiger partial charge in [-0.2, -0.15) is 0 Å². The maximum Gasteiger partial charge on any atom is 0.232 e. The second-order valence-corrected chi connectivity index (χ2v) is 5.24. The number of aromatic nitrogens is 2. The van der Waals surface area contributed by atoms with Crippen molar-refractivity contribution in [1.29, 1.82) is 0 Å². The van der Waals surface area contributed by atoms with Gasteiger partial charge in [0.2, 0.25) is 5.91 Å². The van der Waals surface area contributed by atoms with Crippen molar-refractivity contribution in [3.05, 3.63) is 51.8 Å². The van der Waals surface area contributed by atoms with Gasteiger partial charge in [0, 0.05) is 23.1 Å². The number of pyridine rings is 2. The van der Waals surface area contributed by atoms with E-state index in [0.717, 1.165) is 5.56 Å². The lowest BCUT2D eigenvalue weighted by atomic mass is 10.0. The minimum atomic E-state index is -0.301. The first-order valence-corrected chi connectivity index (χ1v) is 6.77. The van der Waals surface area contributed by atoms with Gasteiger partial charge in [-0.3, -0.25) is 9.78 Å². The summed E-state index contributed by atoms with van der Waals surface area (Å²) in [7, 11) is 0. The summed E-state index contributed by atoms with van der Waals surface area (Å²) in [6.45, 7) is 1.82. The van der Waals surface area contributed by atoms with Crippen LogP contribution in [0.5, 0.6) is 0 Å². The maximum atomic E-state index is 12.1. The fourth-order valence-electron chi connectivity index (χ4n) is 1.50. The lowest BCUT2D eigenvalue weighted by Crippen LogP contribution is -2.19. The minimum Gasteiger partial charge on any atom is -0.310 e. The van der Waals surface area contributed by atoms with Crippen LogP contribution in [0.1, 0.15) is 18.4 Å². The van der Waals surface area contributed by atoms with E-state index in [0.29, 0.717) is 15.3 Å². The van der Waals surface area contributed by atoms with Gasteiger partial charge >= 0.3 is 0 Å². The monoisotopic (exact) mass is 339 g/mol. The Morgan fingerprint density at radius 1 is 1.47 bits per heavy atom. The first-order valence-electron chi connectivity index (χ1n) is 5.60. The molecule has 1 atom stereocenters. The zero-order chi connectivity index (χ0) is 13.8. The summed E-state index contributed by atoms with van der Waals surface area (Å²) >= 11 is 9.13. The molecule has 0 saturated carbocycles. The first kappa shape index (κ1) is 14.0. The number of halogens is 2. The number of anilines is 1. The molecular weight excluding hydrogens is 330 g/mol. The number of amides is 1. The van der Waals surface area contributed by atoms with Crippen LogP contribution >= 0.6 is 27.5 Å². The van der Waals surface area contributed by atoms with Crippen molar-refractivity contribution in [2.75, 3.05) is 5.32 Å². The van der Waals surface area contributed by atoms with Gasteiger partial charge in [-0.1, -0.05) is 17.7 Å². The van der Waals surface area contributed by atoms with E-state index in [1.807, 2.05) is 13.0 Å². The molecule has 2 aromatic heterocycles. The van der Waals surface area contributed by atoms with Crippen molar-refractivity contribution in [1.82, 2.24) is 9.97 Å². The van der Waals surface area contributed by atoms with Crippen molar-refractivity contribution < 1.29 is 4.79 Å². The van der Waals surface area contributed by atoms with Crippen LogP contribution in [0, 0.1) is 0 Å². The summed E-state index contributed by atoms with van der Waals surface area (Å²) < 4.78 is 0.688.